The van der Waals surface area contributed by atoms with Crippen LogP contribution in [-0.4, -0.2) is 57.4 Å². The van der Waals surface area contributed by atoms with E-state index in [9.17, 15) is 18.0 Å². The molecular weight excluding hydrogens is 550 g/mol. The number of sulfonamides is 1. The van der Waals surface area contributed by atoms with Gasteiger partial charge in [0.15, 0.2) is 0 Å². The minimum atomic E-state index is -4.14. The van der Waals surface area contributed by atoms with E-state index in [-0.39, 0.29) is 23.3 Å². The van der Waals surface area contributed by atoms with Crippen molar-refractivity contribution in [3.8, 4) is 5.75 Å². The Bertz CT molecular complexity index is 1390. The highest BCUT2D eigenvalue weighted by atomic mass is 32.2. The van der Waals surface area contributed by atoms with Gasteiger partial charge in [-0.25, -0.2) is 8.42 Å². The average molecular weight is 594 g/mol. The zero-order valence-corrected chi connectivity index (χ0v) is 26.1. The van der Waals surface area contributed by atoms with Crippen molar-refractivity contribution in [2.24, 2.45) is 5.92 Å². The molecule has 42 heavy (non-hydrogen) atoms. The number of ether oxygens (including phenoxy) is 1. The number of nitrogens with one attached hydrogen (secondary N) is 1. The molecule has 3 aromatic carbocycles. The molecule has 0 aromatic heterocycles. The Labute approximate surface area is 250 Å². The quantitative estimate of drug-likeness (QED) is 0.261. The fourth-order valence-corrected chi connectivity index (χ4v) is 5.97. The van der Waals surface area contributed by atoms with Crippen molar-refractivity contribution in [2.45, 2.75) is 58.4 Å². The highest BCUT2D eigenvalue weighted by molar-refractivity contribution is 7.92. The number of carbonyl (C=O) groups is 2. The highest BCUT2D eigenvalue weighted by Crippen LogP contribution is 2.26. The monoisotopic (exact) mass is 593 g/mol. The molecule has 0 spiro atoms. The van der Waals surface area contributed by atoms with Crippen LogP contribution < -0.4 is 14.4 Å². The van der Waals surface area contributed by atoms with Crippen molar-refractivity contribution in [3.63, 3.8) is 0 Å². The van der Waals surface area contributed by atoms with Gasteiger partial charge >= 0.3 is 0 Å². The molecule has 3 rings (SSSR count). The normalized spacial score (nSPS) is 12.0. The third kappa shape index (κ3) is 8.82. The predicted octanol–water partition coefficient (Wildman–Crippen LogP) is 5.21. The topological polar surface area (TPSA) is 96.0 Å². The molecule has 2 amide bonds. The molecule has 1 atom stereocenters. The van der Waals surface area contributed by atoms with Crippen molar-refractivity contribution < 1.29 is 22.7 Å². The number of hydrogen-bond donors (Lipinski definition) is 1. The fourth-order valence-electron chi connectivity index (χ4n) is 4.56. The van der Waals surface area contributed by atoms with Gasteiger partial charge in [-0.2, -0.15) is 0 Å². The van der Waals surface area contributed by atoms with Gasteiger partial charge in [0.1, 0.15) is 18.3 Å². The molecule has 0 aliphatic rings. The molecular formula is C33H43N3O5S. The van der Waals surface area contributed by atoms with Crippen LogP contribution in [0.3, 0.4) is 0 Å². The maximum absolute atomic E-state index is 14.1. The van der Waals surface area contributed by atoms with E-state index in [1.54, 1.807) is 24.3 Å². The summed E-state index contributed by atoms with van der Waals surface area (Å²) in [4.78, 5) is 28.9. The molecule has 0 aliphatic carbocycles. The van der Waals surface area contributed by atoms with E-state index < -0.39 is 28.5 Å². The van der Waals surface area contributed by atoms with Gasteiger partial charge in [0.05, 0.1) is 17.2 Å². The van der Waals surface area contributed by atoms with Crippen molar-refractivity contribution in [2.75, 3.05) is 30.5 Å². The molecule has 1 unspecified atom stereocenters. The number of hydrogen-bond acceptors (Lipinski definition) is 5. The molecule has 0 saturated heterocycles. The van der Waals surface area contributed by atoms with Gasteiger partial charge in [0.25, 0.3) is 10.0 Å². The van der Waals surface area contributed by atoms with Crippen LogP contribution in [0.1, 0.15) is 45.2 Å². The molecule has 0 heterocycles. The zero-order chi connectivity index (χ0) is 30.7. The smallest absolute Gasteiger partial charge is 0.264 e. The number of anilines is 1. The van der Waals surface area contributed by atoms with E-state index in [1.165, 1.54) is 17.0 Å². The van der Waals surface area contributed by atoms with Gasteiger partial charge in [-0.1, -0.05) is 68.8 Å². The van der Waals surface area contributed by atoms with Crippen molar-refractivity contribution in [1.82, 2.24) is 10.2 Å². The van der Waals surface area contributed by atoms with Crippen LogP contribution in [0.25, 0.3) is 0 Å². The van der Waals surface area contributed by atoms with Crippen LogP contribution in [0.5, 0.6) is 5.75 Å². The Morgan fingerprint density at radius 2 is 1.55 bits per heavy atom. The molecule has 8 nitrogen and oxygen atoms in total. The molecule has 0 fully saturated rings. The van der Waals surface area contributed by atoms with Crippen molar-refractivity contribution >= 4 is 27.5 Å². The van der Waals surface area contributed by atoms with Crippen LogP contribution in [-0.2, 0) is 26.0 Å². The summed E-state index contributed by atoms with van der Waals surface area (Å²) in [6.07, 6.45) is 0.914. The Kier molecular flexibility index (Phi) is 12.0. The predicted molar refractivity (Wildman–Crippen MR) is 167 cm³/mol. The second-order valence-corrected chi connectivity index (χ2v) is 12.5. The lowest BCUT2D eigenvalue weighted by Gasteiger charge is -2.33. The van der Waals surface area contributed by atoms with Gasteiger partial charge in [-0.3, -0.25) is 13.9 Å². The van der Waals surface area contributed by atoms with Crippen LogP contribution >= 0.6 is 0 Å². The van der Waals surface area contributed by atoms with Gasteiger partial charge in [0, 0.05) is 13.1 Å². The van der Waals surface area contributed by atoms with E-state index in [2.05, 4.69) is 5.32 Å². The largest absolute Gasteiger partial charge is 0.494 e. The lowest BCUT2D eigenvalue weighted by Crippen LogP contribution is -2.53. The summed E-state index contributed by atoms with van der Waals surface area (Å²) in [7, 11) is -4.14. The maximum atomic E-state index is 14.1. The fraction of sp³-hybridized carbons (Fsp3) is 0.394. The van der Waals surface area contributed by atoms with Crippen molar-refractivity contribution in [3.05, 3.63) is 90.0 Å². The molecule has 3 aromatic rings. The van der Waals surface area contributed by atoms with E-state index >= 15 is 0 Å². The lowest BCUT2D eigenvalue weighted by molar-refractivity contribution is -0.139. The first kappa shape index (κ1) is 32.7. The molecule has 0 saturated carbocycles. The van der Waals surface area contributed by atoms with Crippen LogP contribution in [0, 0.1) is 12.8 Å². The van der Waals surface area contributed by atoms with E-state index in [1.807, 2.05) is 77.1 Å². The van der Waals surface area contributed by atoms with Crippen molar-refractivity contribution in [1.29, 1.82) is 0 Å². The van der Waals surface area contributed by atoms with E-state index in [0.29, 0.717) is 37.4 Å². The van der Waals surface area contributed by atoms with Crippen LogP contribution in [0.2, 0.25) is 0 Å². The van der Waals surface area contributed by atoms with Crippen LogP contribution in [0.15, 0.2) is 83.8 Å². The minimum Gasteiger partial charge on any atom is -0.494 e. The standard InChI is InChI=1S/C33H43N3O5S/c1-6-31(33(38)34-23-25(3)4)35(22-21-27-11-9-8-10-12-27)32(37)24-36(28-15-13-26(5)14-16-28)42(39,40)30-19-17-29(18-20-30)41-7-2/h8-20,25,31H,6-7,21-24H2,1-5H3,(H,34,38). The van der Waals surface area contributed by atoms with Gasteiger partial charge < -0.3 is 15.0 Å². The Balaban J connectivity index is 1.99. The summed E-state index contributed by atoms with van der Waals surface area (Å²) in [5.74, 6) is 0.104. The molecule has 1 N–H and O–H groups in total. The van der Waals surface area contributed by atoms with Crippen LogP contribution in [0.4, 0.5) is 5.69 Å². The molecule has 9 heteroatoms. The second kappa shape index (κ2) is 15.4. The number of amides is 2. The van der Waals surface area contributed by atoms with Gasteiger partial charge in [0.2, 0.25) is 11.8 Å². The highest BCUT2D eigenvalue weighted by Gasteiger charge is 2.33. The molecule has 0 radical (unpaired) electrons. The Morgan fingerprint density at radius 1 is 0.905 bits per heavy atom. The first-order valence-electron chi connectivity index (χ1n) is 14.5. The maximum Gasteiger partial charge on any atom is 0.264 e. The van der Waals surface area contributed by atoms with E-state index in [4.69, 9.17) is 4.74 Å². The molecule has 226 valence electrons. The third-order valence-corrected chi connectivity index (χ3v) is 8.67. The Hall–Kier alpha value is -3.85. The minimum absolute atomic E-state index is 0.0388. The first-order valence-corrected chi connectivity index (χ1v) is 15.9. The van der Waals surface area contributed by atoms with Gasteiger partial charge in [-0.05, 0) is 74.6 Å². The third-order valence-electron chi connectivity index (χ3n) is 6.88. The summed E-state index contributed by atoms with van der Waals surface area (Å²) in [5, 5.41) is 2.95. The number of aryl methyl sites for hydroxylation is 1. The number of benzene rings is 3. The Morgan fingerprint density at radius 3 is 2.12 bits per heavy atom. The number of carbonyl (C=O) groups excluding carboxylic acids is 2. The SMILES string of the molecule is CCOc1ccc(S(=O)(=O)N(CC(=O)N(CCc2ccccc2)C(CC)C(=O)NCC(C)C)c2ccc(C)cc2)cc1. The first-order chi connectivity index (χ1) is 20.1. The average Bonchev–Trinajstić information content (AvgIpc) is 2.98. The number of nitrogens with zero attached hydrogens (tertiary/aromatic N) is 2. The molecule has 0 aliphatic heterocycles. The zero-order valence-electron chi connectivity index (χ0n) is 25.2. The summed E-state index contributed by atoms with van der Waals surface area (Å²) in [6, 6.07) is 22.1. The summed E-state index contributed by atoms with van der Waals surface area (Å²) in [5.41, 5.74) is 2.34. The van der Waals surface area contributed by atoms with Gasteiger partial charge in [-0.15, -0.1) is 0 Å². The number of rotatable bonds is 15. The summed E-state index contributed by atoms with van der Waals surface area (Å²) >= 11 is 0. The second-order valence-electron chi connectivity index (χ2n) is 10.6. The molecule has 0 bridgehead atoms. The van der Waals surface area contributed by atoms with E-state index in [0.717, 1.165) is 15.4 Å². The summed E-state index contributed by atoms with van der Waals surface area (Å²) < 4.78 is 34.6. The summed E-state index contributed by atoms with van der Waals surface area (Å²) in [6.45, 7) is 10.4. The lowest BCUT2D eigenvalue weighted by atomic mass is 10.1.